The van der Waals surface area contributed by atoms with Crippen LogP contribution in [-0.2, 0) is 6.54 Å². The van der Waals surface area contributed by atoms with Crippen LogP contribution in [0, 0.1) is 5.82 Å². The summed E-state index contributed by atoms with van der Waals surface area (Å²) in [6.45, 7) is 2.77. The number of carbonyl (C=O) groups is 1. The molecule has 0 aliphatic carbocycles. The Morgan fingerprint density at radius 2 is 2.28 bits per heavy atom. The molecule has 0 amide bonds. The Kier molecular flexibility index (Phi) is 3.91. The topological polar surface area (TPSA) is 34.9 Å². The second-order valence-electron chi connectivity index (χ2n) is 3.95. The smallest absolute Gasteiger partial charge is 0.199 e. The van der Waals surface area contributed by atoms with Gasteiger partial charge < -0.3 is 0 Å². The molecule has 18 heavy (non-hydrogen) atoms. The number of benzene rings is 1. The molecule has 0 saturated heterocycles. The second kappa shape index (κ2) is 5.44. The lowest BCUT2D eigenvalue weighted by Gasteiger charge is -2.01. The first-order chi connectivity index (χ1) is 8.61. The summed E-state index contributed by atoms with van der Waals surface area (Å²) in [5.41, 5.74) is 0.459. The van der Waals surface area contributed by atoms with Gasteiger partial charge in [0.25, 0.3) is 0 Å². The molecule has 1 aromatic carbocycles. The number of hydrogen-bond acceptors (Lipinski definition) is 2. The molecule has 0 aliphatic heterocycles. The number of nitrogens with zero attached hydrogens (tertiary/aromatic N) is 2. The monoisotopic (exact) mass is 310 g/mol. The first-order valence-electron chi connectivity index (χ1n) is 5.64. The van der Waals surface area contributed by atoms with Gasteiger partial charge in [0.1, 0.15) is 5.82 Å². The molecule has 0 N–H and O–H groups in total. The fraction of sp³-hybridized carbons (Fsp3) is 0.231. The summed E-state index contributed by atoms with van der Waals surface area (Å²) >= 11 is 3.23. The first kappa shape index (κ1) is 13.0. The maximum Gasteiger partial charge on any atom is 0.199 e. The fourth-order valence-electron chi connectivity index (χ4n) is 1.66. The minimum atomic E-state index is -0.522. The Balaban J connectivity index is 2.32. The maximum atomic E-state index is 13.6. The average Bonchev–Trinajstić information content (AvgIpc) is 2.80. The number of carbonyl (C=O) groups excluding carboxylic acids is 1. The molecule has 94 valence electrons. The van der Waals surface area contributed by atoms with E-state index >= 15 is 0 Å². The lowest BCUT2D eigenvalue weighted by atomic mass is 10.1. The van der Waals surface area contributed by atoms with E-state index in [1.54, 1.807) is 16.9 Å². The molecule has 0 fully saturated rings. The molecule has 0 bridgehead atoms. The molecule has 2 rings (SSSR count). The van der Waals surface area contributed by atoms with Crippen molar-refractivity contribution in [3.05, 3.63) is 52.0 Å². The van der Waals surface area contributed by atoms with Crippen molar-refractivity contribution in [2.75, 3.05) is 0 Å². The molecule has 2 aromatic rings. The highest BCUT2D eigenvalue weighted by Gasteiger charge is 2.16. The molecule has 0 aliphatic rings. The molecule has 1 aromatic heterocycles. The predicted octanol–water partition coefficient (Wildman–Crippen LogP) is 3.43. The third-order valence-electron chi connectivity index (χ3n) is 2.52. The van der Waals surface area contributed by atoms with Gasteiger partial charge in [0.2, 0.25) is 0 Å². The molecule has 0 radical (unpaired) electrons. The highest BCUT2D eigenvalue weighted by Crippen LogP contribution is 2.18. The van der Waals surface area contributed by atoms with Crippen molar-refractivity contribution in [3.63, 3.8) is 0 Å². The molecular weight excluding hydrogens is 299 g/mol. The Bertz CT molecular complexity index is 580. The fourth-order valence-corrected chi connectivity index (χ4v) is 2.02. The molecule has 3 nitrogen and oxygen atoms in total. The number of hydrogen-bond donors (Lipinski definition) is 0. The van der Waals surface area contributed by atoms with E-state index in [1.807, 2.05) is 6.92 Å². The van der Waals surface area contributed by atoms with Crippen LogP contribution >= 0.6 is 15.9 Å². The number of halogens is 2. The van der Waals surface area contributed by atoms with E-state index in [-0.39, 0.29) is 11.3 Å². The SMILES string of the molecule is CCCn1cc(C(=O)c2cc(Br)ccc2F)cn1. The summed E-state index contributed by atoms with van der Waals surface area (Å²) in [4.78, 5) is 12.1. The quantitative estimate of drug-likeness (QED) is 0.811. The van der Waals surface area contributed by atoms with Crippen LogP contribution in [0.15, 0.2) is 35.1 Å². The van der Waals surface area contributed by atoms with Crippen molar-refractivity contribution >= 4 is 21.7 Å². The van der Waals surface area contributed by atoms with Crippen molar-refractivity contribution in [2.45, 2.75) is 19.9 Å². The molecule has 0 atom stereocenters. The van der Waals surface area contributed by atoms with Crippen molar-refractivity contribution in [2.24, 2.45) is 0 Å². The van der Waals surface area contributed by atoms with Gasteiger partial charge in [-0.05, 0) is 24.6 Å². The summed E-state index contributed by atoms with van der Waals surface area (Å²) in [7, 11) is 0. The van der Waals surface area contributed by atoms with Crippen LogP contribution < -0.4 is 0 Å². The summed E-state index contributed by atoms with van der Waals surface area (Å²) < 4.78 is 15.9. The normalized spacial score (nSPS) is 10.6. The van der Waals surface area contributed by atoms with Crippen LogP contribution in [0.2, 0.25) is 0 Å². The minimum absolute atomic E-state index is 0.0559. The van der Waals surface area contributed by atoms with Gasteiger partial charge in [0.15, 0.2) is 5.78 Å². The highest BCUT2D eigenvalue weighted by molar-refractivity contribution is 9.10. The summed E-state index contributed by atoms with van der Waals surface area (Å²) in [6.07, 6.45) is 4.05. The van der Waals surface area contributed by atoms with Crippen LogP contribution in [0.3, 0.4) is 0 Å². The summed E-state index contributed by atoms with van der Waals surface area (Å²) in [6, 6.07) is 4.31. The van der Waals surface area contributed by atoms with Crippen molar-refractivity contribution in [3.8, 4) is 0 Å². The number of aromatic nitrogens is 2. The zero-order valence-electron chi connectivity index (χ0n) is 9.86. The van der Waals surface area contributed by atoms with Crippen LogP contribution in [0.25, 0.3) is 0 Å². The van der Waals surface area contributed by atoms with Crippen LogP contribution in [0.1, 0.15) is 29.3 Å². The minimum Gasteiger partial charge on any atom is -0.288 e. The lowest BCUT2D eigenvalue weighted by Crippen LogP contribution is -2.03. The van der Waals surface area contributed by atoms with Gasteiger partial charge in [0, 0.05) is 17.2 Å². The molecule has 0 unspecified atom stereocenters. The van der Waals surface area contributed by atoms with Gasteiger partial charge in [-0.1, -0.05) is 22.9 Å². The van der Waals surface area contributed by atoms with Crippen molar-refractivity contribution < 1.29 is 9.18 Å². The number of aryl methyl sites for hydroxylation is 1. The van der Waals surface area contributed by atoms with E-state index in [0.29, 0.717) is 10.0 Å². The summed E-state index contributed by atoms with van der Waals surface area (Å²) in [5.74, 6) is -0.873. The van der Waals surface area contributed by atoms with E-state index in [0.717, 1.165) is 13.0 Å². The van der Waals surface area contributed by atoms with Gasteiger partial charge >= 0.3 is 0 Å². The third-order valence-corrected chi connectivity index (χ3v) is 3.01. The van der Waals surface area contributed by atoms with Crippen molar-refractivity contribution in [1.29, 1.82) is 0 Å². The Hall–Kier alpha value is -1.49. The van der Waals surface area contributed by atoms with Crippen molar-refractivity contribution in [1.82, 2.24) is 9.78 Å². The van der Waals surface area contributed by atoms with E-state index in [4.69, 9.17) is 0 Å². The number of ketones is 1. The zero-order chi connectivity index (χ0) is 13.1. The Morgan fingerprint density at radius 1 is 1.50 bits per heavy atom. The van der Waals surface area contributed by atoms with Gasteiger partial charge in [-0.3, -0.25) is 9.48 Å². The molecule has 1 heterocycles. The molecule has 0 spiro atoms. The van der Waals surface area contributed by atoms with Gasteiger partial charge in [-0.25, -0.2) is 4.39 Å². The predicted molar refractivity (Wildman–Crippen MR) is 70.1 cm³/mol. The first-order valence-corrected chi connectivity index (χ1v) is 6.43. The van der Waals surface area contributed by atoms with Gasteiger partial charge in [-0.2, -0.15) is 5.10 Å². The van der Waals surface area contributed by atoms with Gasteiger partial charge in [0.05, 0.1) is 17.3 Å². The Labute approximate surface area is 113 Å². The molecule has 5 heteroatoms. The highest BCUT2D eigenvalue weighted by atomic mass is 79.9. The Morgan fingerprint density at radius 3 is 3.00 bits per heavy atom. The zero-order valence-corrected chi connectivity index (χ0v) is 11.4. The van der Waals surface area contributed by atoms with Crippen LogP contribution in [-0.4, -0.2) is 15.6 Å². The molecular formula is C13H12BrFN2O. The standard InChI is InChI=1S/C13H12BrFN2O/c1-2-5-17-8-9(7-16-17)13(18)11-6-10(14)3-4-12(11)15/h3-4,6-8H,2,5H2,1H3. The average molecular weight is 311 g/mol. The largest absolute Gasteiger partial charge is 0.288 e. The maximum absolute atomic E-state index is 13.6. The van der Waals surface area contributed by atoms with Crippen LogP contribution in [0.4, 0.5) is 4.39 Å². The van der Waals surface area contributed by atoms with Crippen LogP contribution in [0.5, 0.6) is 0 Å². The lowest BCUT2D eigenvalue weighted by molar-refractivity contribution is 0.103. The van der Waals surface area contributed by atoms with E-state index in [2.05, 4.69) is 21.0 Å². The van der Waals surface area contributed by atoms with E-state index in [1.165, 1.54) is 18.3 Å². The van der Waals surface area contributed by atoms with E-state index < -0.39 is 5.82 Å². The number of rotatable bonds is 4. The van der Waals surface area contributed by atoms with Gasteiger partial charge in [-0.15, -0.1) is 0 Å². The second-order valence-corrected chi connectivity index (χ2v) is 4.86. The molecule has 0 saturated carbocycles. The third kappa shape index (κ3) is 2.67. The van der Waals surface area contributed by atoms with E-state index in [9.17, 15) is 9.18 Å². The summed E-state index contributed by atoms with van der Waals surface area (Å²) in [5, 5.41) is 4.07.